The van der Waals surface area contributed by atoms with Crippen LogP contribution in [0.4, 0.5) is 5.69 Å². The minimum absolute atomic E-state index is 0.0982. The Labute approximate surface area is 194 Å². The van der Waals surface area contributed by atoms with Crippen molar-refractivity contribution >= 4 is 35.0 Å². The summed E-state index contributed by atoms with van der Waals surface area (Å²) in [6.07, 6.45) is 0.621. The van der Waals surface area contributed by atoms with Crippen LogP contribution < -0.4 is 5.32 Å². The molecule has 32 heavy (non-hydrogen) atoms. The minimum Gasteiger partial charge on any atom is -0.339 e. The number of amides is 1. The van der Waals surface area contributed by atoms with Crippen molar-refractivity contribution < 1.29 is 9.32 Å². The van der Waals surface area contributed by atoms with E-state index in [2.05, 4.69) is 30.6 Å². The van der Waals surface area contributed by atoms with Crippen molar-refractivity contribution in [2.75, 3.05) is 5.32 Å². The number of hydrogen-bond donors (Lipinski definition) is 2. The maximum atomic E-state index is 12.2. The van der Waals surface area contributed by atoms with Gasteiger partial charge in [-0.1, -0.05) is 58.3 Å². The van der Waals surface area contributed by atoms with Gasteiger partial charge in [-0.15, -0.1) is 5.10 Å². The number of nitrogens with zero attached hydrogens (tertiary/aromatic N) is 4. The number of aryl methyl sites for hydroxylation is 3. The molecule has 0 aliphatic carbocycles. The van der Waals surface area contributed by atoms with Gasteiger partial charge >= 0.3 is 0 Å². The van der Waals surface area contributed by atoms with Gasteiger partial charge in [0.2, 0.25) is 17.0 Å². The number of H-pyrrole nitrogens is 1. The van der Waals surface area contributed by atoms with Crippen LogP contribution in [-0.2, 0) is 17.0 Å². The molecule has 0 radical (unpaired) electrons. The molecule has 0 saturated heterocycles. The summed E-state index contributed by atoms with van der Waals surface area (Å²) in [5, 5.41) is 15.1. The number of halogens is 1. The average molecular weight is 469 g/mol. The van der Waals surface area contributed by atoms with Crippen LogP contribution in [0.1, 0.15) is 29.3 Å². The average Bonchev–Trinajstić information content (AvgIpc) is 3.43. The van der Waals surface area contributed by atoms with E-state index in [4.69, 9.17) is 16.1 Å². The van der Waals surface area contributed by atoms with Gasteiger partial charge in [0.1, 0.15) is 0 Å². The summed E-state index contributed by atoms with van der Waals surface area (Å²) in [5.74, 6) is 1.88. The smallest absolute Gasteiger partial charge is 0.227 e. The number of benzene rings is 2. The fourth-order valence-electron chi connectivity index (χ4n) is 3.05. The standard InChI is InChI=1S/C22H21ClN6O2S/c1-13-7-8-17(14(2)11-13)24-19(30)9-10-20-25-18(29-31-20)12-32-22-26-21(27-28-22)15-5-3-4-6-16(15)23/h3-8,11H,9-10,12H2,1-2H3,(H,24,30)(H,26,27,28). The van der Waals surface area contributed by atoms with Gasteiger partial charge in [0.15, 0.2) is 11.6 Å². The molecule has 0 aliphatic heterocycles. The van der Waals surface area contributed by atoms with Gasteiger partial charge in [-0.25, -0.2) is 4.98 Å². The summed E-state index contributed by atoms with van der Waals surface area (Å²) in [4.78, 5) is 21.0. The summed E-state index contributed by atoms with van der Waals surface area (Å²) in [7, 11) is 0. The normalized spacial score (nSPS) is 11.0. The van der Waals surface area contributed by atoms with E-state index in [1.54, 1.807) is 6.07 Å². The van der Waals surface area contributed by atoms with Gasteiger partial charge in [-0.3, -0.25) is 9.89 Å². The predicted molar refractivity (Wildman–Crippen MR) is 124 cm³/mol. The number of thioether (sulfide) groups is 1. The number of rotatable bonds is 8. The SMILES string of the molecule is Cc1ccc(NC(=O)CCc2nc(CSc3n[nH]c(-c4ccccc4Cl)n3)no2)c(C)c1. The Kier molecular flexibility index (Phi) is 6.87. The minimum atomic E-state index is -0.0982. The van der Waals surface area contributed by atoms with Crippen molar-refractivity contribution in [2.45, 2.75) is 37.6 Å². The van der Waals surface area contributed by atoms with Crippen molar-refractivity contribution in [3.8, 4) is 11.4 Å². The van der Waals surface area contributed by atoms with Crippen LogP contribution in [0.2, 0.25) is 5.02 Å². The highest BCUT2D eigenvalue weighted by Gasteiger charge is 2.13. The number of hydrogen-bond acceptors (Lipinski definition) is 7. The van der Waals surface area contributed by atoms with Gasteiger partial charge < -0.3 is 9.84 Å². The number of nitrogens with one attached hydrogen (secondary N) is 2. The molecule has 2 N–H and O–H groups in total. The summed E-state index contributed by atoms with van der Waals surface area (Å²) in [5.41, 5.74) is 3.78. The van der Waals surface area contributed by atoms with E-state index in [-0.39, 0.29) is 12.3 Å². The van der Waals surface area contributed by atoms with Crippen LogP contribution in [0.15, 0.2) is 52.1 Å². The number of anilines is 1. The molecule has 0 unspecified atom stereocenters. The van der Waals surface area contributed by atoms with E-state index in [1.807, 2.05) is 50.2 Å². The number of carbonyl (C=O) groups is 1. The Morgan fingerprint density at radius 3 is 2.84 bits per heavy atom. The van der Waals surface area contributed by atoms with E-state index < -0.39 is 0 Å². The first-order chi connectivity index (χ1) is 15.5. The fraction of sp³-hybridized carbons (Fsp3) is 0.227. The molecule has 2 aromatic heterocycles. The number of aromatic amines is 1. The zero-order valence-electron chi connectivity index (χ0n) is 17.6. The molecule has 4 aromatic rings. The molecular formula is C22H21ClN6O2S. The Morgan fingerprint density at radius 2 is 2.03 bits per heavy atom. The fourth-order valence-corrected chi connectivity index (χ4v) is 3.92. The molecule has 8 nitrogen and oxygen atoms in total. The molecule has 164 valence electrons. The van der Waals surface area contributed by atoms with Gasteiger partial charge in [0.25, 0.3) is 0 Å². The highest BCUT2D eigenvalue weighted by atomic mass is 35.5. The molecule has 0 spiro atoms. The third-order valence-electron chi connectivity index (χ3n) is 4.66. The molecule has 2 heterocycles. The van der Waals surface area contributed by atoms with E-state index in [1.165, 1.54) is 11.8 Å². The number of carbonyl (C=O) groups excluding carboxylic acids is 1. The molecule has 0 saturated carbocycles. The number of aromatic nitrogens is 5. The maximum absolute atomic E-state index is 12.2. The first-order valence-electron chi connectivity index (χ1n) is 9.96. The zero-order valence-corrected chi connectivity index (χ0v) is 19.1. The molecule has 2 aromatic carbocycles. The second-order valence-electron chi connectivity index (χ2n) is 7.21. The van der Waals surface area contributed by atoms with E-state index >= 15 is 0 Å². The first kappa shape index (κ1) is 22.0. The van der Waals surface area contributed by atoms with Crippen molar-refractivity contribution in [3.05, 3.63) is 70.3 Å². The summed E-state index contributed by atoms with van der Waals surface area (Å²) in [6.45, 7) is 3.99. The van der Waals surface area contributed by atoms with Crippen LogP contribution in [0, 0.1) is 13.8 Å². The lowest BCUT2D eigenvalue weighted by Gasteiger charge is -2.08. The van der Waals surface area contributed by atoms with E-state index in [0.29, 0.717) is 39.9 Å². The molecule has 4 rings (SSSR count). The summed E-state index contributed by atoms with van der Waals surface area (Å²) in [6, 6.07) is 13.3. The van der Waals surface area contributed by atoms with Crippen LogP contribution in [0.25, 0.3) is 11.4 Å². The zero-order chi connectivity index (χ0) is 22.5. The van der Waals surface area contributed by atoms with Crippen molar-refractivity contribution in [1.82, 2.24) is 25.3 Å². The lowest BCUT2D eigenvalue weighted by Crippen LogP contribution is -2.13. The topological polar surface area (TPSA) is 110 Å². The first-order valence-corrected chi connectivity index (χ1v) is 11.3. The third-order valence-corrected chi connectivity index (χ3v) is 5.83. The highest BCUT2D eigenvalue weighted by molar-refractivity contribution is 7.98. The largest absolute Gasteiger partial charge is 0.339 e. The van der Waals surface area contributed by atoms with Gasteiger partial charge in [0, 0.05) is 24.1 Å². The van der Waals surface area contributed by atoms with Gasteiger partial charge in [0.05, 0.1) is 10.8 Å². The van der Waals surface area contributed by atoms with Crippen molar-refractivity contribution in [2.24, 2.45) is 0 Å². The van der Waals surface area contributed by atoms with E-state index in [0.717, 1.165) is 22.4 Å². The highest BCUT2D eigenvalue weighted by Crippen LogP contribution is 2.26. The summed E-state index contributed by atoms with van der Waals surface area (Å²) < 4.78 is 5.26. The third kappa shape index (κ3) is 5.54. The predicted octanol–water partition coefficient (Wildman–Crippen LogP) is 4.99. The monoisotopic (exact) mass is 468 g/mol. The van der Waals surface area contributed by atoms with Crippen LogP contribution >= 0.6 is 23.4 Å². The second-order valence-corrected chi connectivity index (χ2v) is 8.56. The Morgan fingerprint density at radius 1 is 1.19 bits per heavy atom. The Bertz CT molecular complexity index is 1240. The quantitative estimate of drug-likeness (QED) is 0.350. The van der Waals surface area contributed by atoms with Gasteiger partial charge in [-0.05, 0) is 37.6 Å². The molecular weight excluding hydrogens is 448 g/mol. The lowest BCUT2D eigenvalue weighted by molar-refractivity contribution is -0.116. The Balaban J connectivity index is 1.27. The molecule has 0 aliphatic rings. The second kappa shape index (κ2) is 9.97. The molecule has 0 bridgehead atoms. The molecule has 0 atom stereocenters. The maximum Gasteiger partial charge on any atom is 0.227 e. The lowest BCUT2D eigenvalue weighted by atomic mass is 10.1. The summed E-state index contributed by atoms with van der Waals surface area (Å²) >= 11 is 7.58. The van der Waals surface area contributed by atoms with Crippen molar-refractivity contribution in [1.29, 1.82) is 0 Å². The molecule has 10 heteroatoms. The molecule has 1 amide bonds. The van der Waals surface area contributed by atoms with Crippen LogP contribution in [0.5, 0.6) is 0 Å². The van der Waals surface area contributed by atoms with Gasteiger partial charge in [-0.2, -0.15) is 4.98 Å². The molecule has 0 fully saturated rings. The Hall–Kier alpha value is -3.17. The van der Waals surface area contributed by atoms with E-state index in [9.17, 15) is 4.79 Å². The van der Waals surface area contributed by atoms with Crippen LogP contribution in [0.3, 0.4) is 0 Å². The van der Waals surface area contributed by atoms with Crippen LogP contribution in [-0.4, -0.2) is 31.2 Å². The van der Waals surface area contributed by atoms with Crippen molar-refractivity contribution in [3.63, 3.8) is 0 Å².